The quantitative estimate of drug-likeness (QED) is 0.366. The van der Waals surface area contributed by atoms with Crippen molar-refractivity contribution in [3.05, 3.63) is 95.5 Å². The van der Waals surface area contributed by atoms with Crippen LogP contribution in [-0.4, -0.2) is 11.0 Å². The Bertz CT molecular complexity index is 1210. The number of hydrogen-bond donors (Lipinski definition) is 2. The number of amides is 1. The van der Waals surface area contributed by atoms with Crippen molar-refractivity contribution in [1.29, 1.82) is 0 Å². The molecule has 0 saturated carbocycles. The zero-order valence-corrected chi connectivity index (χ0v) is 16.0. The van der Waals surface area contributed by atoms with Crippen molar-refractivity contribution in [2.24, 2.45) is 10.2 Å². The number of benzene rings is 4. The van der Waals surface area contributed by atoms with Crippen LogP contribution in [0, 0.1) is 0 Å². The van der Waals surface area contributed by atoms with Crippen LogP contribution in [-0.2, 0) is 0 Å². The van der Waals surface area contributed by atoms with Gasteiger partial charge >= 0.3 is 0 Å². The predicted molar refractivity (Wildman–Crippen MR) is 116 cm³/mol. The Balaban J connectivity index is 1.77. The fraction of sp³-hybridized carbons (Fsp3) is 0. The third-order valence-electron chi connectivity index (χ3n) is 4.36. The smallest absolute Gasteiger partial charge is 0.259 e. The molecule has 4 aromatic carbocycles. The van der Waals surface area contributed by atoms with Gasteiger partial charge in [0.2, 0.25) is 0 Å². The van der Waals surface area contributed by atoms with Crippen LogP contribution < -0.4 is 5.32 Å². The molecule has 0 bridgehead atoms. The summed E-state index contributed by atoms with van der Waals surface area (Å²) < 4.78 is 0. The molecule has 0 atom stereocenters. The Morgan fingerprint density at radius 1 is 0.862 bits per heavy atom. The standard InChI is InChI=1S/C23H16ClN3O2/c24-16-10-12-18(13-11-16)26-27-21-19-9-5-4-6-15(19)14-20(22(21)28)23(29)25-17-7-2-1-3-8-17/h1-14,28H,(H,25,29). The van der Waals surface area contributed by atoms with Crippen molar-refractivity contribution in [3.63, 3.8) is 0 Å². The van der Waals surface area contributed by atoms with Gasteiger partial charge in [0.25, 0.3) is 5.91 Å². The van der Waals surface area contributed by atoms with E-state index in [4.69, 9.17) is 11.6 Å². The van der Waals surface area contributed by atoms with Crippen molar-refractivity contribution in [3.8, 4) is 5.75 Å². The second kappa shape index (κ2) is 8.12. The Labute approximate surface area is 172 Å². The summed E-state index contributed by atoms with van der Waals surface area (Å²) in [6, 6.07) is 24.9. The number of nitrogens with one attached hydrogen (secondary N) is 1. The molecule has 0 aromatic heterocycles. The number of phenols is 1. The summed E-state index contributed by atoms with van der Waals surface area (Å²) in [6.45, 7) is 0. The molecule has 1 amide bonds. The second-order valence-corrected chi connectivity index (χ2v) is 6.78. The molecule has 4 rings (SSSR count). The summed E-state index contributed by atoms with van der Waals surface area (Å²) >= 11 is 5.90. The number of carbonyl (C=O) groups is 1. The zero-order chi connectivity index (χ0) is 20.2. The van der Waals surface area contributed by atoms with E-state index in [0.29, 0.717) is 21.8 Å². The average molecular weight is 402 g/mol. The zero-order valence-electron chi connectivity index (χ0n) is 15.2. The maximum atomic E-state index is 12.8. The summed E-state index contributed by atoms with van der Waals surface area (Å²) in [6.07, 6.45) is 0. The molecule has 142 valence electrons. The first-order valence-electron chi connectivity index (χ1n) is 8.90. The topological polar surface area (TPSA) is 74.0 Å². The highest BCUT2D eigenvalue weighted by molar-refractivity contribution is 6.30. The minimum Gasteiger partial charge on any atom is -0.505 e. The van der Waals surface area contributed by atoms with Crippen molar-refractivity contribution < 1.29 is 9.90 Å². The summed E-state index contributed by atoms with van der Waals surface area (Å²) in [5.41, 5.74) is 1.57. The molecular formula is C23H16ClN3O2. The van der Waals surface area contributed by atoms with Gasteiger partial charge in [0.05, 0.1) is 11.3 Å². The Hall–Kier alpha value is -3.70. The lowest BCUT2D eigenvalue weighted by molar-refractivity contribution is 0.102. The molecule has 2 N–H and O–H groups in total. The molecule has 0 radical (unpaired) electrons. The molecule has 0 aliphatic heterocycles. The molecule has 0 aliphatic carbocycles. The van der Waals surface area contributed by atoms with E-state index >= 15 is 0 Å². The third-order valence-corrected chi connectivity index (χ3v) is 4.62. The van der Waals surface area contributed by atoms with E-state index in [1.54, 1.807) is 42.5 Å². The van der Waals surface area contributed by atoms with Gasteiger partial charge in [0.15, 0.2) is 5.75 Å². The van der Waals surface area contributed by atoms with Crippen LogP contribution in [0.3, 0.4) is 0 Å². The lowest BCUT2D eigenvalue weighted by atomic mass is 10.0. The van der Waals surface area contributed by atoms with Gasteiger partial charge in [-0.3, -0.25) is 4.79 Å². The molecule has 4 aromatic rings. The molecule has 29 heavy (non-hydrogen) atoms. The number of hydrogen-bond acceptors (Lipinski definition) is 4. The van der Waals surface area contributed by atoms with Crippen molar-refractivity contribution in [2.75, 3.05) is 5.32 Å². The van der Waals surface area contributed by atoms with Crippen LogP contribution in [0.5, 0.6) is 5.75 Å². The van der Waals surface area contributed by atoms with E-state index in [0.717, 1.165) is 5.39 Å². The highest BCUT2D eigenvalue weighted by atomic mass is 35.5. The number of rotatable bonds is 4. The first kappa shape index (κ1) is 18.7. The van der Waals surface area contributed by atoms with Crippen molar-refractivity contribution in [1.82, 2.24) is 0 Å². The van der Waals surface area contributed by atoms with Crippen LogP contribution in [0.15, 0.2) is 95.2 Å². The number of aromatic hydroxyl groups is 1. The normalized spacial score (nSPS) is 11.1. The van der Waals surface area contributed by atoms with Crippen LogP contribution in [0.25, 0.3) is 10.8 Å². The number of carbonyl (C=O) groups excluding carboxylic acids is 1. The number of nitrogens with zero attached hydrogens (tertiary/aromatic N) is 2. The number of fused-ring (bicyclic) bond motifs is 1. The lowest BCUT2D eigenvalue weighted by Crippen LogP contribution is -2.12. The molecule has 5 nitrogen and oxygen atoms in total. The van der Waals surface area contributed by atoms with Gasteiger partial charge in [0, 0.05) is 16.1 Å². The maximum Gasteiger partial charge on any atom is 0.259 e. The number of para-hydroxylation sites is 1. The van der Waals surface area contributed by atoms with Crippen molar-refractivity contribution in [2.45, 2.75) is 0 Å². The van der Waals surface area contributed by atoms with Gasteiger partial charge < -0.3 is 10.4 Å². The maximum absolute atomic E-state index is 12.8. The summed E-state index contributed by atoms with van der Waals surface area (Å²) in [7, 11) is 0. The molecule has 0 spiro atoms. The molecule has 6 heteroatoms. The van der Waals surface area contributed by atoms with Gasteiger partial charge in [-0.1, -0.05) is 54.1 Å². The second-order valence-electron chi connectivity index (χ2n) is 6.34. The van der Waals surface area contributed by atoms with Gasteiger partial charge in [0.1, 0.15) is 5.69 Å². The van der Waals surface area contributed by atoms with Gasteiger partial charge in [-0.15, -0.1) is 5.11 Å². The predicted octanol–water partition coefficient (Wildman–Crippen LogP) is 6.87. The van der Waals surface area contributed by atoms with Crippen molar-refractivity contribution >= 4 is 45.3 Å². The first-order valence-corrected chi connectivity index (χ1v) is 9.28. The van der Waals surface area contributed by atoms with Gasteiger partial charge in [-0.05, 0) is 47.9 Å². The number of halogens is 1. The Morgan fingerprint density at radius 3 is 2.31 bits per heavy atom. The van der Waals surface area contributed by atoms with Crippen LogP contribution >= 0.6 is 11.6 Å². The Kier molecular flexibility index (Phi) is 5.22. The van der Waals surface area contributed by atoms with Crippen LogP contribution in [0.2, 0.25) is 5.02 Å². The molecule has 0 aliphatic rings. The molecule has 0 saturated heterocycles. The average Bonchev–Trinajstić information content (AvgIpc) is 2.74. The summed E-state index contributed by atoms with van der Waals surface area (Å²) in [4.78, 5) is 12.8. The highest BCUT2D eigenvalue weighted by Gasteiger charge is 2.18. The van der Waals surface area contributed by atoms with E-state index in [2.05, 4.69) is 15.5 Å². The fourth-order valence-electron chi connectivity index (χ4n) is 2.93. The van der Waals surface area contributed by atoms with Gasteiger partial charge in [-0.25, -0.2) is 0 Å². The third kappa shape index (κ3) is 4.10. The van der Waals surface area contributed by atoms with E-state index in [-0.39, 0.29) is 17.0 Å². The monoisotopic (exact) mass is 401 g/mol. The molecule has 0 fully saturated rings. The van der Waals surface area contributed by atoms with E-state index in [9.17, 15) is 9.90 Å². The van der Waals surface area contributed by atoms with E-state index in [1.807, 2.05) is 42.5 Å². The largest absolute Gasteiger partial charge is 0.505 e. The summed E-state index contributed by atoms with van der Waals surface area (Å²) in [5, 5.41) is 24.1. The molecule has 0 heterocycles. The Morgan fingerprint density at radius 2 is 1.55 bits per heavy atom. The minimum absolute atomic E-state index is 0.123. The fourth-order valence-corrected chi connectivity index (χ4v) is 3.05. The number of azo groups is 1. The minimum atomic E-state index is -0.428. The van der Waals surface area contributed by atoms with Crippen LogP contribution in [0.1, 0.15) is 10.4 Å². The lowest BCUT2D eigenvalue weighted by Gasteiger charge is -2.11. The molecular weight excluding hydrogens is 386 g/mol. The molecule has 0 unspecified atom stereocenters. The first-order chi connectivity index (χ1) is 14.1. The summed E-state index contributed by atoms with van der Waals surface area (Å²) in [5.74, 6) is -0.655. The number of anilines is 1. The highest BCUT2D eigenvalue weighted by Crippen LogP contribution is 2.39. The SMILES string of the molecule is O=C(Nc1ccccc1)c1cc2ccccc2c(N=Nc2ccc(Cl)cc2)c1O. The van der Waals surface area contributed by atoms with Crippen LogP contribution in [0.4, 0.5) is 17.1 Å². The number of phenolic OH excluding ortho intramolecular Hbond substituents is 1. The van der Waals surface area contributed by atoms with Gasteiger partial charge in [-0.2, -0.15) is 5.11 Å². The van der Waals surface area contributed by atoms with E-state index in [1.165, 1.54) is 0 Å². The van der Waals surface area contributed by atoms with E-state index < -0.39 is 5.91 Å².